The van der Waals surface area contributed by atoms with Gasteiger partial charge in [-0.25, -0.2) is 8.42 Å². The summed E-state index contributed by atoms with van der Waals surface area (Å²) < 4.78 is 27.1. The first kappa shape index (κ1) is 16.7. The molecular formula is C15H19N3O5S. The maximum Gasteiger partial charge on any atom is 0.306 e. The number of carboxylic acids is 1. The van der Waals surface area contributed by atoms with Gasteiger partial charge in [-0.15, -0.1) is 4.40 Å². The zero-order valence-corrected chi connectivity index (χ0v) is 13.8. The number of fused-ring (bicyclic) bond motifs is 1. The molecule has 1 saturated carbocycles. The number of amidine groups is 1. The third kappa shape index (κ3) is 3.50. The van der Waals surface area contributed by atoms with Crippen LogP contribution in [0.4, 0.5) is 0 Å². The molecule has 24 heavy (non-hydrogen) atoms. The number of hydrogen-bond acceptors (Lipinski definition) is 5. The summed E-state index contributed by atoms with van der Waals surface area (Å²) in [4.78, 5) is 25.1. The average Bonchev–Trinajstić information content (AvgIpc) is 2.54. The molecule has 1 aliphatic carbocycles. The van der Waals surface area contributed by atoms with Crippen LogP contribution in [0.3, 0.4) is 0 Å². The van der Waals surface area contributed by atoms with Crippen molar-refractivity contribution in [3.8, 4) is 0 Å². The van der Waals surface area contributed by atoms with E-state index >= 15 is 0 Å². The van der Waals surface area contributed by atoms with Crippen LogP contribution in [0.25, 0.3) is 0 Å². The summed E-state index contributed by atoms with van der Waals surface area (Å²) in [6.45, 7) is 0.270. The van der Waals surface area contributed by atoms with Crippen LogP contribution in [0, 0.1) is 5.92 Å². The topological polar surface area (TPSA) is 116 Å². The number of amides is 1. The standard InChI is InChI=1S/C15H19N3O5S/c19-14(16-11-5-3-10(4-6-11)15(20)21)12-2-1-7-18-8-9-24(22,23)17-13(12)18/h1-2,7,10-11H,3-6,8-9H2,(H,16,19)(H,20,21). The number of nitrogens with one attached hydrogen (secondary N) is 1. The summed E-state index contributed by atoms with van der Waals surface area (Å²) in [5.74, 6) is -1.44. The Morgan fingerprint density at radius 1 is 1.25 bits per heavy atom. The smallest absolute Gasteiger partial charge is 0.306 e. The molecule has 8 nitrogen and oxygen atoms in total. The van der Waals surface area contributed by atoms with E-state index in [2.05, 4.69) is 9.71 Å². The van der Waals surface area contributed by atoms with E-state index < -0.39 is 16.0 Å². The van der Waals surface area contributed by atoms with Crippen molar-refractivity contribution in [1.82, 2.24) is 10.2 Å². The SMILES string of the molecule is O=C(NC1CCC(C(=O)O)CC1)C1=CC=CN2CCS(=O)(=O)N=C12. The lowest BCUT2D eigenvalue weighted by molar-refractivity contribution is -0.142. The van der Waals surface area contributed by atoms with Crippen LogP contribution < -0.4 is 5.32 Å². The van der Waals surface area contributed by atoms with E-state index in [-0.39, 0.29) is 41.6 Å². The van der Waals surface area contributed by atoms with Crippen molar-refractivity contribution in [3.63, 3.8) is 0 Å². The summed E-state index contributed by atoms with van der Waals surface area (Å²) >= 11 is 0. The van der Waals surface area contributed by atoms with Gasteiger partial charge in [-0.3, -0.25) is 9.59 Å². The predicted octanol–water partition coefficient (Wildman–Crippen LogP) is 0.244. The summed E-state index contributed by atoms with van der Waals surface area (Å²) in [5.41, 5.74) is 0.223. The molecule has 0 spiro atoms. The number of nitrogens with zero attached hydrogens (tertiary/aromatic N) is 2. The highest BCUT2D eigenvalue weighted by atomic mass is 32.2. The summed E-state index contributed by atoms with van der Waals surface area (Å²) in [6, 6.07) is -0.103. The molecule has 0 aromatic carbocycles. The van der Waals surface area contributed by atoms with E-state index in [1.54, 1.807) is 23.3 Å². The summed E-state index contributed by atoms with van der Waals surface area (Å²) in [5, 5.41) is 11.9. The Balaban J connectivity index is 1.69. The van der Waals surface area contributed by atoms with Gasteiger partial charge >= 0.3 is 5.97 Å². The second-order valence-electron chi connectivity index (χ2n) is 6.18. The van der Waals surface area contributed by atoms with Gasteiger partial charge in [0.05, 0.1) is 17.2 Å². The van der Waals surface area contributed by atoms with E-state index in [9.17, 15) is 18.0 Å². The Morgan fingerprint density at radius 3 is 2.62 bits per heavy atom. The van der Waals surface area contributed by atoms with Crippen molar-refractivity contribution < 1.29 is 23.1 Å². The lowest BCUT2D eigenvalue weighted by Crippen LogP contribution is -2.45. The fourth-order valence-electron chi connectivity index (χ4n) is 3.14. The van der Waals surface area contributed by atoms with Gasteiger partial charge in [0, 0.05) is 18.8 Å². The number of carbonyl (C=O) groups is 2. The molecular weight excluding hydrogens is 334 g/mol. The Kier molecular flexibility index (Phi) is 4.44. The van der Waals surface area contributed by atoms with Crippen molar-refractivity contribution in [1.29, 1.82) is 0 Å². The number of rotatable bonds is 3. The molecule has 0 aromatic heterocycles. The van der Waals surface area contributed by atoms with E-state index in [0.29, 0.717) is 25.7 Å². The van der Waals surface area contributed by atoms with Gasteiger partial charge in [0.15, 0.2) is 5.84 Å². The zero-order chi connectivity index (χ0) is 17.3. The molecule has 2 heterocycles. The number of carbonyl (C=O) groups excluding carboxylic acids is 1. The molecule has 1 fully saturated rings. The molecule has 0 atom stereocenters. The highest BCUT2D eigenvalue weighted by Crippen LogP contribution is 2.25. The minimum atomic E-state index is -3.54. The molecule has 130 valence electrons. The molecule has 0 bridgehead atoms. The molecule has 3 aliphatic rings. The first-order valence-corrected chi connectivity index (χ1v) is 9.48. The predicted molar refractivity (Wildman–Crippen MR) is 86.7 cm³/mol. The number of hydrogen-bond donors (Lipinski definition) is 2. The van der Waals surface area contributed by atoms with Crippen LogP contribution in [0.1, 0.15) is 25.7 Å². The molecule has 0 aromatic rings. The van der Waals surface area contributed by atoms with Crippen molar-refractivity contribution in [2.75, 3.05) is 12.3 Å². The first-order chi connectivity index (χ1) is 11.4. The monoisotopic (exact) mass is 353 g/mol. The van der Waals surface area contributed by atoms with Gasteiger partial charge in [0.2, 0.25) is 0 Å². The number of sulfonamides is 1. The minimum absolute atomic E-state index is 0.0745. The Hall–Kier alpha value is -2.16. The second-order valence-corrected chi connectivity index (χ2v) is 7.93. The van der Waals surface area contributed by atoms with Crippen molar-refractivity contribution in [3.05, 3.63) is 23.9 Å². The quantitative estimate of drug-likeness (QED) is 0.751. The Morgan fingerprint density at radius 2 is 1.96 bits per heavy atom. The van der Waals surface area contributed by atoms with E-state index in [4.69, 9.17) is 5.11 Å². The number of aliphatic carboxylic acids is 1. The average molecular weight is 353 g/mol. The maximum absolute atomic E-state index is 12.5. The molecule has 3 rings (SSSR count). The van der Waals surface area contributed by atoms with Crippen molar-refractivity contribution in [2.24, 2.45) is 10.3 Å². The fourth-order valence-corrected chi connectivity index (χ4v) is 4.13. The van der Waals surface area contributed by atoms with Crippen LogP contribution in [0.15, 0.2) is 28.3 Å². The molecule has 1 amide bonds. The molecule has 9 heteroatoms. The van der Waals surface area contributed by atoms with Crippen LogP contribution in [0.2, 0.25) is 0 Å². The van der Waals surface area contributed by atoms with Gasteiger partial charge in [-0.2, -0.15) is 0 Å². The fraction of sp³-hybridized carbons (Fsp3) is 0.533. The second kappa shape index (κ2) is 6.39. The molecule has 0 saturated heterocycles. The third-order valence-corrected chi connectivity index (χ3v) is 5.66. The maximum atomic E-state index is 12.5. The Bertz CT molecular complexity index is 745. The summed E-state index contributed by atoms with van der Waals surface area (Å²) in [7, 11) is -3.54. The minimum Gasteiger partial charge on any atom is -0.481 e. The Labute approximate surface area is 140 Å². The van der Waals surface area contributed by atoms with Crippen molar-refractivity contribution in [2.45, 2.75) is 31.7 Å². The highest BCUT2D eigenvalue weighted by Gasteiger charge is 2.32. The molecule has 0 unspecified atom stereocenters. The third-order valence-electron chi connectivity index (χ3n) is 4.51. The van der Waals surface area contributed by atoms with Crippen molar-refractivity contribution >= 4 is 27.7 Å². The lowest BCUT2D eigenvalue weighted by atomic mass is 9.86. The largest absolute Gasteiger partial charge is 0.481 e. The highest BCUT2D eigenvalue weighted by molar-refractivity contribution is 7.90. The van der Waals surface area contributed by atoms with Gasteiger partial charge < -0.3 is 15.3 Å². The molecule has 2 N–H and O–H groups in total. The first-order valence-electron chi connectivity index (χ1n) is 7.87. The number of carboxylic acid groups (broad SMARTS) is 1. The van der Waals surface area contributed by atoms with Crippen LogP contribution in [0.5, 0.6) is 0 Å². The number of allylic oxidation sites excluding steroid dienone is 2. The molecule has 2 aliphatic heterocycles. The van der Waals surface area contributed by atoms with E-state index in [1.165, 1.54) is 0 Å². The normalized spacial score (nSPS) is 28.4. The van der Waals surface area contributed by atoms with E-state index in [0.717, 1.165) is 0 Å². The van der Waals surface area contributed by atoms with Gasteiger partial charge in [0.1, 0.15) is 0 Å². The molecule has 0 radical (unpaired) electrons. The van der Waals surface area contributed by atoms with Crippen LogP contribution >= 0.6 is 0 Å². The lowest BCUT2D eigenvalue weighted by Gasteiger charge is -2.30. The van der Waals surface area contributed by atoms with Gasteiger partial charge in [-0.05, 0) is 37.8 Å². The van der Waals surface area contributed by atoms with Gasteiger partial charge in [0.25, 0.3) is 15.9 Å². The zero-order valence-electron chi connectivity index (χ0n) is 13.0. The van der Waals surface area contributed by atoms with E-state index in [1.807, 2.05) is 0 Å². The van der Waals surface area contributed by atoms with Crippen LogP contribution in [-0.2, 0) is 19.6 Å². The van der Waals surface area contributed by atoms with Gasteiger partial charge in [-0.1, -0.05) is 0 Å². The summed E-state index contributed by atoms with van der Waals surface area (Å²) in [6.07, 6.45) is 7.19. The van der Waals surface area contributed by atoms with Crippen LogP contribution in [-0.4, -0.2) is 54.5 Å².